The van der Waals surface area contributed by atoms with Crippen LogP contribution in [0.25, 0.3) is 0 Å². The number of hydrogen-bond acceptors (Lipinski definition) is 2. The number of piperidine rings is 1. The third-order valence-electron chi connectivity index (χ3n) is 4.84. The zero-order chi connectivity index (χ0) is 16.2. The summed E-state index contributed by atoms with van der Waals surface area (Å²) in [6.45, 7) is 3.90. The van der Waals surface area contributed by atoms with Crippen LogP contribution in [-0.2, 0) is 6.42 Å². The minimum atomic E-state index is -0.203. The predicted molar refractivity (Wildman–Crippen MR) is 97.3 cm³/mol. The Balaban J connectivity index is 1.80. The number of aliphatic hydroxyl groups excluding tert-OH is 1. The number of halogens is 1. The lowest BCUT2D eigenvalue weighted by Crippen LogP contribution is -2.37. The summed E-state index contributed by atoms with van der Waals surface area (Å²) in [7, 11) is 0. The summed E-state index contributed by atoms with van der Waals surface area (Å²) in [4.78, 5) is 2.44. The van der Waals surface area contributed by atoms with Crippen LogP contribution in [0.5, 0.6) is 0 Å². The predicted octanol–water partition coefficient (Wildman–Crippen LogP) is 4.53. The molecular weight excluding hydrogens is 306 g/mol. The topological polar surface area (TPSA) is 23.5 Å². The first-order valence-electron chi connectivity index (χ1n) is 8.39. The highest BCUT2D eigenvalue weighted by atomic mass is 35.5. The van der Waals surface area contributed by atoms with Crippen LogP contribution in [-0.4, -0.2) is 24.3 Å². The molecule has 1 N–H and O–H groups in total. The third-order valence-corrected chi connectivity index (χ3v) is 5.08. The van der Waals surface area contributed by atoms with Gasteiger partial charge in [-0.3, -0.25) is 0 Å². The molecule has 0 spiro atoms. The fourth-order valence-corrected chi connectivity index (χ4v) is 3.64. The maximum absolute atomic E-state index is 9.78. The first kappa shape index (κ1) is 16.4. The van der Waals surface area contributed by atoms with Gasteiger partial charge in [-0.15, -0.1) is 0 Å². The van der Waals surface area contributed by atoms with Gasteiger partial charge in [0.2, 0.25) is 0 Å². The summed E-state index contributed by atoms with van der Waals surface area (Å²) >= 11 is 6.24. The van der Waals surface area contributed by atoms with Gasteiger partial charge >= 0.3 is 0 Å². The highest BCUT2D eigenvalue weighted by Crippen LogP contribution is 2.31. The summed E-state index contributed by atoms with van der Waals surface area (Å²) in [6.07, 6.45) is 2.79. The average molecular weight is 330 g/mol. The number of hydrogen-bond donors (Lipinski definition) is 1. The molecule has 23 heavy (non-hydrogen) atoms. The van der Waals surface area contributed by atoms with E-state index in [9.17, 15) is 5.11 Å². The Morgan fingerprint density at radius 2 is 1.83 bits per heavy atom. The van der Waals surface area contributed by atoms with Crippen LogP contribution >= 0.6 is 11.6 Å². The molecule has 1 atom stereocenters. The molecule has 1 saturated heterocycles. The first-order chi connectivity index (χ1) is 11.1. The lowest BCUT2D eigenvalue weighted by molar-refractivity contribution is 0.110. The number of aliphatic hydroxyl groups is 1. The van der Waals surface area contributed by atoms with Crippen LogP contribution in [0.2, 0.25) is 5.02 Å². The smallest absolute Gasteiger partial charge is 0.0541 e. The lowest BCUT2D eigenvalue weighted by Gasteiger charge is -2.36. The van der Waals surface area contributed by atoms with E-state index in [0.29, 0.717) is 5.92 Å². The van der Waals surface area contributed by atoms with Crippen LogP contribution in [0, 0.1) is 5.92 Å². The first-order valence-corrected chi connectivity index (χ1v) is 8.76. The van der Waals surface area contributed by atoms with E-state index >= 15 is 0 Å². The molecule has 3 heteroatoms. The Labute approximate surface area is 143 Å². The molecular formula is C20H24ClNO. The average Bonchev–Trinajstić information content (AvgIpc) is 2.56. The van der Waals surface area contributed by atoms with Gasteiger partial charge in [-0.2, -0.15) is 0 Å². The molecule has 1 aliphatic rings. The largest absolute Gasteiger partial charge is 0.393 e. The fourth-order valence-electron chi connectivity index (χ4n) is 3.44. The second kappa shape index (κ2) is 7.37. The standard InChI is InChI=1S/C20H24ClNO/c1-15(23)17-9-11-22(12-10-17)20-8-7-19(21)14-18(20)13-16-5-3-2-4-6-16/h2-8,14-15,17,23H,9-13H2,1H3/t15-/m0/s1. The fraction of sp³-hybridized carbons (Fsp3) is 0.400. The van der Waals surface area contributed by atoms with Crippen LogP contribution < -0.4 is 4.90 Å². The van der Waals surface area contributed by atoms with Crippen LogP contribution in [0.4, 0.5) is 5.69 Å². The number of benzene rings is 2. The Hall–Kier alpha value is -1.51. The van der Waals surface area contributed by atoms with Gasteiger partial charge in [-0.25, -0.2) is 0 Å². The van der Waals surface area contributed by atoms with Crippen molar-refractivity contribution in [2.24, 2.45) is 5.92 Å². The van der Waals surface area contributed by atoms with Crippen molar-refractivity contribution in [3.05, 3.63) is 64.7 Å². The molecule has 0 aliphatic carbocycles. The quantitative estimate of drug-likeness (QED) is 0.891. The molecule has 3 rings (SSSR count). The molecule has 0 saturated carbocycles. The third kappa shape index (κ3) is 4.07. The van der Waals surface area contributed by atoms with Crippen molar-refractivity contribution in [3.63, 3.8) is 0 Å². The molecule has 2 aromatic carbocycles. The van der Waals surface area contributed by atoms with Gasteiger partial charge < -0.3 is 10.0 Å². The summed E-state index contributed by atoms with van der Waals surface area (Å²) < 4.78 is 0. The highest BCUT2D eigenvalue weighted by molar-refractivity contribution is 6.30. The van der Waals surface area contributed by atoms with Gasteiger partial charge in [0.1, 0.15) is 0 Å². The Bertz CT molecular complexity index is 633. The highest BCUT2D eigenvalue weighted by Gasteiger charge is 2.24. The van der Waals surface area contributed by atoms with E-state index in [4.69, 9.17) is 11.6 Å². The van der Waals surface area contributed by atoms with Crippen molar-refractivity contribution < 1.29 is 5.11 Å². The van der Waals surface area contributed by atoms with E-state index < -0.39 is 0 Å². The maximum Gasteiger partial charge on any atom is 0.0541 e. The summed E-state index contributed by atoms with van der Waals surface area (Å²) in [6, 6.07) is 16.7. The van der Waals surface area contributed by atoms with E-state index in [1.807, 2.05) is 19.1 Å². The van der Waals surface area contributed by atoms with Crippen LogP contribution in [0.15, 0.2) is 48.5 Å². The number of rotatable bonds is 4. The van der Waals surface area contributed by atoms with Gasteiger partial charge in [0, 0.05) is 23.8 Å². The van der Waals surface area contributed by atoms with E-state index in [0.717, 1.165) is 37.4 Å². The van der Waals surface area contributed by atoms with Crippen molar-refractivity contribution in [2.75, 3.05) is 18.0 Å². The van der Waals surface area contributed by atoms with E-state index in [1.54, 1.807) is 0 Å². The van der Waals surface area contributed by atoms with Crippen LogP contribution in [0.3, 0.4) is 0 Å². The molecule has 122 valence electrons. The second-order valence-corrected chi connectivity index (χ2v) is 6.94. The minimum absolute atomic E-state index is 0.203. The molecule has 0 aromatic heterocycles. The van der Waals surface area contributed by atoms with E-state index in [1.165, 1.54) is 16.8 Å². The summed E-state index contributed by atoms with van der Waals surface area (Å²) in [5, 5.41) is 10.6. The minimum Gasteiger partial charge on any atom is -0.393 e. The van der Waals surface area contributed by atoms with Crippen molar-refractivity contribution in [3.8, 4) is 0 Å². The van der Waals surface area contributed by atoms with Gasteiger partial charge in [0.05, 0.1) is 6.10 Å². The molecule has 0 bridgehead atoms. The van der Waals surface area contributed by atoms with Crippen molar-refractivity contribution >= 4 is 17.3 Å². The molecule has 0 amide bonds. The number of nitrogens with zero attached hydrogens (tertiary/aromatic N) is 1. The van der Waals surface area contributed by atoms with Gasteiger partial charge in [0.25, 0.3) is 0 Å². The Kier molecular flexibility index (Phi) is 5.24. The van der Waals surface area contributed by atoms with Crippen molar-refractivity contribution in [2.45, 2.75) is 32.3 Å². The SMILES string of the molecule is C[C@H](O)C1CCN(c2ccc(Cl)cc2Cc2ccccc2)CC1. The van der Waals surface area contributed by atoms with E-state index in [2.05, 4.69) is 41.3 Å². The molecule has 0 radical (unpaired) electrons. The summed E-state index contributed by atoms with van der Waals surface area (Å²) in [5.74, 6) is 0.427. The molecule has 1 heterocycles. The maximum atomic E-state index is 9.78. The van der Waals surface area contributed by atoms with Gasteiger partial charge in [-0.1, -0.05) is 41.9 Å². The zero-order valence-corrected chi connectivity index (χ0v) is 14.3. The lowest BCUT2D eigenvalue weighted by atomic mass is 9.91. The molecule has 2 aromatic rings. The van der Waals surface area contributed by atoms with E-state index in [-0.39, 0.29) is 6.10 Å². The Morgan fingerprint density at radius 1 is 1.13 bits per heavy atom. The molecule has 1 fully saturated rings. The van der Waals surface area contributed by atoms with Crippen molar-refractivity contribution in [1.82, 2.24) is 0 Å². The number of anilines is 1. The van der Waals surface area contributed by atoms with Gasteiger partial charge in [-0.05, 0) is 61.4 Å². The molecule has 1 aliphatic heterocycles. The Morgan fingerprint density at radius 3 is 2.48 bits per heavy atom. The zero-order valence-electron chi connectivity index (χ0n) is 13.6. The monoisotopic (exact) mass is 329 g/mol. The van der Waals surface area contributed by atoms with Crippen LogP contribution in [0.1, 0.15) is 30.9 Å². The second-order valence-electron chi connectivity index (χ2n) is 6.50. The molecule has 2 nitrogen and oxygen atoms in total. The summed E-state index contributed by atoms with van der Waals surface area (Å²) in [5.41, 5.74) is 3.86. The van der Waals surface area contributed by atoms with Gasteiger partial charge in [0.15, 0.2) is 0 Å². The van der Waals surface area contributed by atoms with Crippen molar-refractivity contribution in [1.29, 1.82) is 0 Å². The molecule has 0 unspecified atom stereocenters. The normalized spacial score (nSPS) is 17.3.